The van der Waals surface area contributed by atoms with Crippen molar-refractivity contribution in [3.63, 3.8) is 0 Å². The first-order valence-electron chi connectivity index (χ1n) is 7.65. The molecule has 24 heavy (non-hydrogen) atoms. The Morgan fingerprint density at radius 1 is 1.29 bits per heavy atom. The van der Waals surface area contributed by atoms with E-state index in [0.29, 0.717) is 12.2 Å². The lowest BCUT2D eigenvalue weighted by Crippen LogP contribution is -2.34. The Morgan fingerprint density at radius 2 is 2.08 bits per heavy atom. The zero-order valence-electron chi connectivity index (χ0n) is 12.8. The van der Waals surface area contributed by atoms with E-state index in [-0.39, 0.29) is 11.7 Å². The highest BCUT2D eigenvalue weighted by Gasteiger charge is 2.51. The van der Waals surface area contributed by atoms with Crippen LogP contribution in [0.25, 0.3) is 5.69 Å². The van der Waals surface area contributed by atoms with Crippen molar-refractivity contribution in [1.29, 1.82) is 0 Å². The number of aromatic nitrogens is 3. The van der Waals surface area contributed by atoms with Gasteiger partial charge in [-0.2, -0.15) is 11.3 Å². The van der Waals surface area contributed by atoms with Crippen LogP contribution in [-0.4, -0.2) is 20.9 Å². The first-order valence-corrected chi connectivity index (χ1v) is 8.60. The average Bonchev–Trinajstić information content (AvgIpc) is 3.00. The number of hydrogen-bond donors (Lipinski definition) is 1. The van der Waals surface area contributed by atoms with Crippen LogP contribution in [-0.2, 0) is 16.8 Å². The lowest BCUT2D eigenvalue weighted by Gasteiger charge is -2.15. The molecule has 0 aliphatic heterocycles. The molecule has 0 radical (unpaired) electrons. The fourth-order valence-corrected chi connectivity index (χ4v) is 3.40. The van der Waals surface area contributed by atoms with Gasteiger partial charge in [0.2, 0.25) is 5.91 Å². The summed E-state index contributed by atoms with van der Waals surface area (Å²) in [6.45, 7) is 0.325. The zero-order chi connectivity index (χ0) is 16.6. The van der Waals surface area contributed by atoms with E-state index >= 15 is 0 Å². The second-order valence-electron chi connectivity index (χ2n) is 5.91. The molecular weight excluding hydrogens is 327 g/mol. The first kappa shape index (κ1) is 15.0. The van der Waals surface area contributed by atoms with Crippen molar-refractivity contribution in [2.45, 2.75) is 24.8 Å². The quantitative estimate of drug-likeness (QED) is 0.776. The van der Waals surface area contributed by atoms with E-state index < -0.39 is 5.41 Å². The number of carbonyl (C=O) groups excluding carboxylic acids is 1. The van der Waals surface area contributed by atoms with E-state index in [9.17, 15) is 9.18 Å². The summed E-state index contributed by atoms with van der Waals surface area (Å²) in [5.41, 5.74) is 2.00. The van der Waals surface area contributed by atoms with Gasteiger partial charge in [-0.05, 0) is 42.0 Å². The van der Waals surface area contributed by atoms with Crippen molar-refractivity contribution in [1.82, 2.24) is 20.3 Å². The minimum absolute atomic E-state index is 0.0424. The normalized spacial score (nSPS) is 15.2. The van der Waals surface area contributed by atoms with Gasteiger partial charge in [-0.15, -0.1) is 5.10 Å². The molecule has 2 aromatic heterocycles. The number of halogens is 1. The molecular formula is C17H15FN4OS. The first-order chi connectivity index (χ1) is 11.7. The lowest BCUT2D eigenvalue weighted by molar-refractivity contribution is -0.123. The van der Waals surface area contributed by atoms with Crippen molar-refractivity contribution in [3.8, 4) is 5.69 Å². The van der Waals surface area contributed by atoms with Gasteiger partial charge in [-0.3, -0.25) is 4.79 Å². The molecule has 3 aromatic rings. The van der Waals surface area contributed by atoms with Gasteiger partial charge in [0.05, 0.1) is 23.8 Å². The predicted octanol–water partition coefficient (Wildman–Crippen LogP) is 2.82. The summed E-state index contributed by atoms with van der Waals surface area (Å²) in [6, 6.07) is 8.13. The minimum atomic E-state index is -0.517. The molecule has 1 aliphatic rings. The van der Waals surface area contributed by atoms with Crippen LogP contribution in [0, 0.1) is 5.82 Å². The molecule has 4 rings (SSSR count). The van der Waals surface area contributed by atoms with Crippen LogP contribution in [0.4, 0.5) is 4.39 Å². The number of carbonyl (C=O) groups is 1. The topological polar surface area (TPSA) is 59.8 Å². The summed E-state index contributed by atoms with van der Waals surface area (Å²) in [4.78, 5) is 12.6. The highest BCUT2D eigenvalue weighted by Crippen LogP contribution is 2.48. The van der Waals surface area contributed by atoms with Crippen LogP contribution in [0.5, 0.6) is 0 Å². The maximum atomic E-state index is 13.1. The molecule has 0 atom stereocenters. The van der Waals surface area contributed by atoms with Crippen LogP contribution in [0.1, 0.15) is 24.1 Å². The molecule has 1 fully saturated rings. The monoisotopic (exact) mass is 342 g/mol. The Morgan fingerprint density at radius 3 is 2.75 bits per heavy atom. The number of nitrogens with zero attached hydrogens (tertiary/aromatic N) is 3. The third-order valence-corrected chi connectivity index (χ3v) is 4.99. The van der Waals surface area contributed by atoms with Crippen molar-refractivity contribution in [2.75, 3.05) is 0 Å². The highest BCUT2D eigenvalue weighted by molar-refractivity contribution is 7.08. The minimum Gasteiger partial charge on any atom is -0.350 e. The number of benzene rings is 1. The maximum absolute atomic E-state index is 13.1. The van der Waals surface area contributed by atoms with Gasteiger partial charge in [0, 0.05) is 5.38 Å². The number of rotatable bonds is 5. The van der Waals surface area contributed by atoms with Crippen LogP contribution >= 0.6 is 11.3 Å². The van der Waals surface area contributed by atoms with Crippen molar-refractivity contribution < 1.29 is 9.18 Å². The van der Waals surface area contributed by atoms with E-state index in [1.807, 2.05) is 16.8 Å². The standard InChI is InChI=1S/C17H15FN4OS/c18-13-3-1-12(2-4-13)17(6-7-17)16(23)19-9-14-10-22(21-20-14)15-5-8-24-11-15/h1-5,8,10-11H,6-7,9H2,(H,19,23). The molecule has 0 bridgehead atoms. The van der Waals surface area contributed by atoms with Gasteiger partial charge < -0.3 is 5.32 Å². The summed E-state index contributed by atoms with van der Waals surface area (Å²) >= 11 is 1.59. The maximum Gasteiger partial charge on any atom is 0.230 e. The Bertz CT molecular complexity index is 853. The van der Waals surface area contributed by atoms with Crippen molar-refractivity contribution in [3.05, 3.63) is 64.4 Å². The van der Waals surface area contributed by atoms with E-state index in [1.165, 1.54) is 12.1 Å². The summed E-state index contributed by atoms with van der Waals surface area (Å²) in [7, 11) is 0. The third kappa shape index (κ3) is 2.71. The second kappa shape index (κ2) is 5.83. The number of nitrogens with one attached hydrogen (secondary N) is 1. The highest BCUT2D eigenvalue weighted by atomic mass is 32.1. The Balaban J connectivity index is 1.43. The molecule has 2 heterocycles. The fraction of sp³-hybridized carbons (Fsp3) is 0.235. The van der Waals surface area contributed by atoms with E-state index in [4.69, 9.17) is 0 Å². The smallest absolute Gasteiger partial charge is 0.230 e. The third-order valence-electron chi connectivity index (χ3n) is 4.32. The lowest BCUT2D eigenvalue weighted by atomic mass is 9.95. The van der Waals surface area contributed by atoms with Crippen LogP contribution in [0.15, 0.2) is 47.3 Å². The van der Waals surface area contributed by atoms with Gasteiger partial charge >= 0.3 is 0 Å². The predicted molar refractivity (Wildman–Crippen MR) is 88.4 cm³/mol. The molecule has 1 amide bonds. The Labute approximate surface area is 142 Å². The number of thiophene rings is 1. The SMILES string of the molecule is O=C(NCc1cn(-c2ccsc2)nn1)C1(c2ccc(F)cc2)CC1. The summed E-state index contributed by atoms with van der Waals surface area (Å²) in [5.74, 6) is -0.334. The average molecular weight is 342 g/mol. The van der Waals surface area contributed by atoms with Crippen LogP contribution < -0.4 is 5.32 Å². The van der Waals surface area contributed by atoms with E-state index in [2.05, 4.69) is 15.6 Å². The van der Waals surface area contributed by atoms with Gasteiger partial charge in [0.15, 0.2) is 0 Å². The van der Waals surface area contributed by atoms with Crippen LogP contribution in [0.3, 0.4) is 0 Å². The molecule has 0 spiro atoms. The molecule has 0 saturated heterocycles. The van der Waals surface area contributed by atoms with Gasteiger partial charge in [0.25, 0.3) is 0 Å². The molecule has 0 unspecified atom stereocenters. The van der Waals surface area contributed by atoms with Gasteiger partial charge in [-0.1, -0.05) is 17.3 Å². The Kier molecular flexibility index (Phi) is 3.65. The molecule has 7 heteroatoms. The van der Waals surface area contributed by atoms with E-state index in [0.717, 1.165) is 24.1 Å². The molecule has 1 aromatic carbocycles. The second-order valence-corrected chi connectivity index (χ2v) is 6.69. The van der Waals surface area contributed by atoms with E-state index in [1.54, 1.807) is 34.3 Å². The molecule has 5 nitrogen and oxygen atoms in total. The molecule has 1 N–H and O–H groups in total. The Hall–Kier alpha value is -2.54. The van der Waals surface area contributed by atoms with Crippen molar-refractivity contribution >= 4 is 17.2 Å². The molecule has 122 valence electrons. The van der Waals surface area contributed by atoms with Gasteiger partial charge in [-0.25, -0.2) is 9.07 Å². The van der Waals surface area contributed by atoms with Gasteiger partial charge in [0.1, 0.15) is 11.5 Å². The number of amides is 1. The van der Waals surface area contributed by atoms with Crippen molar-refractivity contribution in [2.24, 2.45) is 0 Å². The summed E-state index contributed by atoms with van der Waals surface area (Å²) in [5, 5.41) is 15.0. The van der Waals surface area contributed by atoms with Crippen LogP contribution in [0.2, 0.25) is 0 Å². The number of hydrogen-bond acceptors (Lipinski definition) is 4. The molecule has 1 saturated carbocycles. The summed E-state index contributed by atoms with van der Waals surface area (Å²) in [6.07, 6.45) is 3.37. The zero-order valence-corrected chi connectivity index (χ0v) is 13.6. The summed E-state index contributed by atoms with van der Waals surface area (Å²) < 4.78 is 14.8. The molecule has 1 aliphatic carbocycles. The fourth-order valence-electron chi connectivity index (χ4n) is 2.77. The largest absolute Gasteiger partial charge is 0.350 e.